The number of aromatic nitrogens is 2. The quantitative estimate of drug-likeness (QED) is 0.475. The Morgan fingerprint density at radius 1 is 1.17 bits per heavy atom. The maximum atomic E-state index is 12.1. The zero-order valence-electron chi connectivity index (χ0n) is 16.9. The Labute approximate surface area is 184 Å². The van der Waals surface area contributed by atoms with Crippen molar-refractivity contribution >= 4 is 39.0 Å². The van der Waals surface area contributed by atoms with Gasteiger partial charge in [0.2, 0.25) is 5.91 Å². The third kappa shape index (κ3) is 3.13. The Balaban J connectivity index is 1.28. The molecule has 5 aliphatic carbocycles. The molecule has 5 aliphatic rings. The molecule has 158 valence electrons. The van der Waals surface area contributed by atoms with Crippen molar-refractivity contribution in [1.82, 2.24) is 10.2 Å². The molecule has 4 bridgehead atoms. The lowest BCUT2D eigenvalue weighted by atomic mass is 9.48. The van der Waals surface area contributed by atoms with Crippen molar-refractivity contribution in [2.75, 3.05) is 16.4 Å². The van der Waals surface area contributed by atoms with E-state index in [0.29, 0.717) is 23.8 Å². The summed E-state index contributed by atoms with van der Waals surface area (Å²) in [6.07, 6.45) is 9.02. The SMILES string of the molecule is Nc1cc(NC(=O)C2CC2)ccc1C1C2CC3CC(C2)[C@H](Nc2[nH]ncc2Br)C1C3. The van der Waals surface area contributed by atoms with Crippen molar-refractivity contribution in [1.29, 1.82) is 0 Å². The van der Waals surface area contributed by atoms with Crippen LogP contribution in [-0.2, 0) is 4.79 Å². The fourth-order valence-electron chi connectivity index (χ4n) is 6.71. The molecule has 1 heterocycles. The molecular weight excluding hydrogens is 442 g/mol. The van der Waals surface area contributed by atoms with Gasteiger partial charge in [-0.25, -0.2) is 0 Å². The Hall–Kier alpha value is -2.02. The Morgan fingerprint density at radius 3 is 2.73 bits per heavy atom. The molecule has 5 fully saturated rings. The van der Waals surface area contributed by atoms with E-state index in [2.05, 4.69) is 42.8 Å². The Bertz CT molecular complexity index is 986. The second kappa shape index (κ2) is 7.01. The molecule has 6 atom stereocenters. The molecular formula is C23H28BrN5O. The first-order chi connectivity index (χ1) is 14.6. The number of carbonyl (C=O) groups is 1. The van der Waals surface area contributed by atoms with Crippen LogP contribution >= 0.6 is 15.9 Å². The maximum absolute atomic E-state index is 12.1. The third-order valence-electron chi connectivity index (χ3n) is 7.99. The molecule has 30 heavy (non-hydrogen) atoms. The number of anilines is 3. The van der Waals surface area contributed by atoms with Crippen molar-refractivity contribution < 1.29 is 4.79 Å². The molecule has 0 spiro atoms. The molecule has 1 amide bonds. The van der Waals surface area contributed by atoms with Gasteiger partial charge in [0.1, 0.15) is 5.82 Å². The molecule has 0 saturated heterocycles. The van der Waals surface area contributed by atoms with Crippen LogP contribution in [0.4, 0.5) is 17.2 Å². The van der Waals surface area contributed by atoms with E-state index in [9.17, 15) is 4.79 Å². The first-order valence-electron chi connectivity index (χ1n) is 11.2. The minimum atomic E-state index is 0.131. The Morgan fingerprint density at radius 2 is 2.00 bits per heavy atom. The number of nitrogens with two attached hydrogens (primary N) is 1. The van der Waals surface area contributed by atoms with Crippen LogP contribution in [-0.4, -0.2) is 22.1 Å². The van der Waals surface area contributed by atoms with Gasteiger partial charge < -0.3 is 16.4 Å². The van der Waals surface area contributed by atoms with E-state index in [-0.39, 0.29) is 11.8 Å². The van der Waals surface area contributed by atoms with Gasteiger partial charge in [-0.3, -0.25) is 9.89 Å². The summed E-state index contributed by atoms with van der Waals surface area (Å²) in [5.74, 6) is 4.65. The summed E-state index contributed by atoms with van der Waals surface area (Å²) in [6, 6.07) is 6.63. The monoisotopic (exact) mass is 469 g/mol. The number of carbonyl (C=O) groups excluding carboxylic acids is 1. The highest BCUT2D eigenvalue weighted by Gasteiger charge is 2.54. The molecule has 7 heteroatoms. The van der Waals surface area contributed by atoms with Crippen molar-refractivity contribution in [3.63, 3.8) is 0 Å². The summed E-state index contributed by atoms with van der Waals surface area (Å²) in [6.45, 7) is 0. The molecule has 5 saturated carbocycles. The summed E-state index contributed by atoms with van der Waals surface area (Å²) in [5, 5.41) is 14.1. The van der Waals surface area contributed by atoms with Crippen LogP contribution in [0.25, 0.3) is 0 Å². The fourth-order valence-corrected chi connectivity index (χ4v) is 7.01. The van der Waals surface area contributed by atoms with Crippen molar-refractivity contribution in [3.8, 4) is 0 Å². The molecule has 7 rings (SSSR count). The number of benzene rings is 1. The number of hydrogen-bond acceptors (Lipinski definition) is 4. The molecule has 0 radical (unpaired) electrons. The molecule has 5 N–H and O–H groups in total. The van der Waals surface area contributed by atoms with Crippen LogP contribution in [0.3, 0.4) is 0 Å². The standard InChI is InChI=1S/C23H28BrN5O/c24-18-10-26-29-22(18)28-21-14-6-11-5-13(8-14)20(17(21)7-11)16-4-3-15(9-19(16)25)27-23(30)12-1-2-12/h3-4,9-14,17,20-21H,1-2,5-8,25H2,(H,27,30)(H2,26,28,29)/t11?,13?,14?,17?,20?,21-/m0/s1. The first-order valence-corrected chi connectivity index (χ1v) is 12.0. The minimum Gasteiger partial charge on any atom is -0.398 e. The topological polar surface area (TPSA) is 95.8 Å². The van der Waals surface area contributed by atoms with Gasteiger partial charge in [0.25, 0.3) is 0 Å². The zero-order chi connectivity index (χ0) is 20.4. The van der Waals surface area contributed by atoms with Gasteiger partial charge in [-0.2, -0.15) is 5.10 Å². The van der Waals surface area contributed by atoms with E-state index in [1.165, 1.54) is 31.2 Å². The van der Waals surface area contributed by atoms with E-state index >= 15 is 0 Å². The number of nitrogens with one attached hydrogen (secondary N) is 3. The highest BCUT2D eigenvalue weighted by Crippen LogP contribution is 2.61. The maximum Gasteiger partial charge on any atom is 0.227 e. The lowest BCUT2D eigenvalue weighted by Gasteiger charge is -2.58. The van der Waals surface area contributed by atoms with Crippen molar-refractivity contribution in [3.05, 3.63) is 34.4 Å². The second-order valence-corrected chi connectivity index (χ2v) is 10.7. The third-order valence-corrected chi connectivity index (χ3v) is 8.59. The van der Waals surface area contributed by atoms with E-state index < -0.39 is 0 Å². The number of halogens is 1. The molecule has 2 aromatic rings. The largest absolute Gasteiger partial charge is 0.398 e. The minimum absolute atomic E-state index is 0.131. The second-order valence-electron chi connectivity index (χ2n) is 9.89. The summed E-state index contributed by atoms with van der Waals surface area (Å²) in [5.41, 5.74) is 9.49. The first kappa shape index (κ1) is 18.7. The molecule has 1 aromatic heterocycles. The van der Waals surface area contributed by atoms with Crippen LogP contribution < -0.4 is 16.4 Å². The molecule has 5 unspecified atom stereocenters. The number of amides is 1. The normalized spacial score (nSPS) is 34.2. The van der Waals surface area contributed by atoms with Gasteiger partial charge in [0, 0.05) is 23.3 Å². The number of hydrogen-bond donors (Lipinski definition) is 4. The number of aromatic amines is 1. The van der Waals surface area contributed by atoms with Crippen LogP contribution in [0, 0.1) is 29.6 Å². The van der Waals surface area contributed by atoms with Crippen molar-refractivity contribution in [2.24, 2.45) is 29.6 Å². The number of H-pyrrole nitrogens is 1. The van der Waals surface area contributed by atoms with E-state index in [0.717, 1.165) is 46.3 Å². The Kier molecular flexibility index (Phi) is 4.37. The van der Waals surface area contributed by atoms with Gasteiger partial charge >= 0.3 is 0 Å². The van der Waals surface area contributed by atoms with E-state index in [4.69, 9.17) is 5.73 Å². The fraction of sp³-hybridized carbons (Fsp3) is 0.565. The van der Waals surface area contributed by atoms with Crippen LogP contribution in [0.1, 0.15) is 50.0 Å². The highest BCUT2D eigenvalue weighted by atomic mass is 79.9. The van der Waals surface area contributed by atoms with Crippen LogP contribution in [0.2, 0.25) is 0 Å². The molecule has 0 aliphatic heterocycles. The number of nitrogens with zero attached hydrogens (tertiary/aromatic N) is 1. The van der Waals surface area contributed by atoms with Gasteiger partial charge in [-0.1, -0.05) is 6.07 Å². The van der Waals surface area contributed by atoms with Gasteiger partial charge in [-0.15, -0.1) is 0 Å². The predicted octanol–water partition coefficient (Wildman–Crippen LogP) is 4.73. The van der Waals surface area contributed by atoms with E-state index in [1.54, 1.807) is 0 Å². The summed E-state index contributed by atoms with van der Waals surface area (Å²) in [4.78, 5) is 12.1. The number of rotatable bonds is 5. The average molecular weight is 470 g/mol. The van der Waals surface area contributed by atoms with Gasteiger partial charge in [0.15, 0.2) is 0 Å². The van der Waals surface area contributed by atoms with E-state index in [1.807, 2.05) is 18.3 Å². The number of nitrogen functional groups attached to an aromatic ring is 1. The summed E-state index contributed by atoms with van der Waals surface area (Å²) < 4.78 is 0.989. The van der Waals surface area contributed by atoms with Crippen LogP contribution in [0.15, 0.2) is 28.9 Å². The van der Waals surface area contributed by atoms with Gasteiger partial charge in [0.05, 0.1) is 10.7 Å². The van der Waals surface area contributed by atoms with Crippen molar-refractivity contribution in [2.45, 2.75) is 50.5 Å². The zero-order valence-corrected chi connectivity index (χ0v) is 18.5. The van der Waals surface area contributed by atoms with Gasteiger partial charge in [-0.05, 0) is 102 Å². The average Bonchev–Trinajstić information content (AvgIpc) is 3.49. The smallest absolute Gasteiger partial charge is 0.227 e. The van der Waals surface area contributed by atoms with Crippen LogP contribution in [0.5, 0.6) is 0 Å². The summed E-state index contributed by atoms with van der Waals surface area (Å²) in [7, 11) is 0. The lowest BCUT2D eigenvalue weighted by Crippen LogP contribution is -2.55. The predicted molar refractivity (Wildman–Crippen MR) is 121 cm³/mol. The molecule has 1 aromatic carbocycles. The summed E-state index contributed by atoms with van der Waals surface area (Å²) >= 11 is 3.60. The highest BCUT2D eigenvalue weighted by molar-refractivity contribution is 9.10. The molecule has 6 nitrogen and oxygen atoms in total. The lowest BCUT2D eigenvalue weighted by molar-refractivity contribution is -0.117.